The minimum atomic E-state index is -4.63. The van der Waals surface area contributed by atoms with Gasteiger partial charge in [0.05, 0.1) is 0 Å². The molecule has 0 rings (SSSR count). The number of hydrogen-bond donors (Lipinski definition) is 1. The summed E-state index contributed by atoms with van der Waals surface area (Å²) in [5.41, 5.74) is -4.63. The van der Waals surface area contributed by atoms with Gasteiger partial charge < -0.3 is 0 Å². The van der Waals surface area contributed by atoms with Gasteiger partial charge in [0, 0.05) is 6.54 Å². The predicted molar refractivity (Wildman–Crippen MR) is 32.5 cm³/mol. The normalized spacial score (nSPS) is 15.2. The summed E-state index contributed by atoms with van der Waals surface area (Å²) in [6, 6.07) is 0. The summed E-state index contributed by atoms with van der Waals surface area (Å²) in [4.78, 5) is 0. The van der Waals surface area contributed by atoms with E-state index in [1.54, 1.807) is 6.92 Å². The minimum absolute atomic E-state index is 0.117. The molecule has 0 aromatic heterocycles. The van der Waals surface area contributed by atoms with Crippen molar-refractivity contribution < 1.29 is 17.4 Å². The van der Waals surface area contributed by atoms with Crippen molar-refractivity contribution in [1.82, 2.24) is 4.72 Å². The van der Waals surface area contributed by atoms with Crippen molar-refractivity contribution >= 4 is 11.0 Å². The third kappa shape index (κ3) is 3.84. The first-order valence-electron chi connectivity index (χ1n) is 2.70. The Bertz CT molecular complexity index is 124. The zero-order valence-electron chi connectivity index (χ0n) is 5.36. The highest BCUT2D eigenvalue weighted by Gasteiger charge is 2.36. The predicted octanol–water partition coefficient (Wildman–Crippen LogP) is 1.17. The van der Waals surface area contributed by atoms with Gasteiger partial charge in [0.2, 0.25) is 0 Å². The maximum Gasteiger partial charge on any atom is 0.485 e. The molecule has 1 atom stereocenters. The lowest BCUT2D eigenvalue weighted by Crippen LogP contribution is -2.30. The molecular weight excluding hydrogens is 167 g/mol. The van der Waals surface area contributed by atoms with E-state index >= 15 is 0 Å². The smallest absolute Gasteiger partial charge is 0.234 e. The Kier molecular flexibility index (Phi) is 3.88. The number of hydrogen-bond acceptors (Lipinski definition) is 1. The molecular formula is C4H8F3NOS. The molecule has 0 bridgehead atoms. The molecule has 0 amide bonds. The van der Waals surface area contributed by atoms with Gasteiger partial charge >= 0.3 is 5.51 Å². The van der Waals surface area contributed by atoms with Crippen LogP contribution in [-0.4, -0.2) is 16.3 Å². The molecule has 62 valence electrons. The van der Waals surface area contributed by atoms with E-state index < -0.39 is 16.5 Å². The zero-order valence-corrected chi connectivity index (χ0v) is 6.18. The summed E-state index contributed by atoms with van der Waals surface area (Å²) < 4.78 is 46.1. The highest BCUT2D eigenvalue weighted by Crippen LogP contribution is 2.17. The number of halogens is 3. The molecule has 0 aromatic carbocycles. The SMILES string of the molecule is CCCNS(=O)C(F)(F)F. The fourth-order valence-electron chi connectivity index (χ4n) is 0.277. The van der Waals surface area contributed by atoms with Crippen LogP contribution in [0.25, 0.3) is 0 Å². The number of nitrogens with one attached hydrogen (secondary N) is 1. The first kappa shape index (κ1) is 9.90. The van der Waals surface area contributed by atoms with Crippen molar-refractivity contribution in [2.24, 2.45) is 0 Å². The topological polar surface area (TPSA) is 29.1 Å². The molecule has 1 unspecified atom stereocenters. The largest absolute Gasteiger partial charge is 0.485 e. The van der Waals surface area contributed by atoms with Gasteiger partial charge in [0.25, 0.3) is 0 Å². The van der Waals surface area contributed by atoms with Crippen LogP contribution in [0.5, 0.6) is 0 Å². The summed E-state index contributed by atoms with van der Waals surface area (Å²) in [6.07, 6.45) is 0.530. The molecule has 1 N–H and O–H groups in total. The van der Waals surface area contributed by atoms with E-state index in [2.05, 4.69) is 0 Å². The molecule has 0 aromatic rings. The van der Waals surface area contributed by atoms with Crippen molar-refractivity contribution in [1.29, 1.82) is 0 Å². The summed E-state index contributed by atoms with van der Waals surface area (Å²) >= 11 is 0. The Labute approximate surface area is 59.4 Å². The minimum Gasteiger partial charge on any atom is -0.234 e. The lowest BCUT2D eigenvalue weighted by Gasteiger charge is -2.05. The van der Waals surface area contributed by atoms with Crippen LogP contribution in [0, 0.1) is 0 Å². The molecule has 0 fully saturated rings. The maximum absolute atomic E-state index is 11.4. The van der Waals surface area contributed by atoms with E-state index in [9.17, 15) is 17.4 Å². The second kappa shape index (κ2) is 3.92. The van der Waals surface area contributed by atoms with Crippen LogP contribution in [-0.2, 0) is 11.0 Å². The van der Waals surface area contributed by atoms with Crippen LogP contribution in [0.2, 0.25) is 0 Å². The Morgan fingerprint density at radius 2 is 2.00 bits per heavy atom. The van der Waals surface area contributed by atoms with Crippen molar-refractivity contribution in [3.63, 3.8) is 0 Å². The van der Waals surface area contributed by atoms with Crippen LogP contribution >= 0.6 is 0 Å². The third-order valence-electron chi connectivity index (χ3n) is 0.693. The van der Waals surface area contributed by atoms with Crippen molar-refractivity contribution in [3.8, 4) is 0 Å². The quantitative estimate of drug-likeness (QED) is 0.685. The molecule has 6 heteroatoms. The molecule has 0 aliphatic heterocycles. The summed E-state index contributed by atoms with van der Waals surface area (Å²) in [7, 11) is -2.89. The molecule has 0 saturated heterocycles. The van der Waals surface area contributed by atoms with Gasteiger partial charge in [-0.25, -0.2) is 8.93 Å². The average molecular weight is 175 g/mol. The molecule has 0 heterocycles. The van der Waals surface area contributed by atoms with Crippen LogP contribution in [0.4, 0.5) is 13.2 Å². The highest BCUT2D eigenvalue weighted by atomic mass is 32.2. The van der Waals surface area contributed by atoms with Crippen molar-refractivity contribution in [2.45, 2.75) is 18.9 Å². The van der Waals surface area contributed by atoms with E-state index in [1.807, 2.05) is 4.72 Å². The standard InChI is InChI=1S/C4H8F3NOS/c1-2-3-8-10(9)4(5,6)7/h8H,2-3H2,1H3. The lowest BCUT2D eigenvalue weighted by molar-refractivity contribution is -0.0394. The molecule has 0 radical (unpaired) electrons. The van der Waals surface area contributed by atoms with Crippen LogP contribution in [0.1, 0.15) is 13.3 Å². The van der Waals surface area contributed by atoms with Gasteiger partial charge in [-0.15, -0.1) is 0 Å². The fraction of sp³-hybridized carbons (Fsp3) is 1.00. The first-order chi connectivity index (χ1) is 4.48. The van der Waals surface area contributed by atoms with Crippen molar-refractivity contribution in [3.05, 3.63) is 0 Å². The second-order valence-electron chi connectivity index (χ2n) is 1.61. The Morgan fingerprint density at radius 1 is 1.50 bits per heavy atom. The second-order valence-corrected chi connectivity index (χ2v) is 2.90. The first-order valence-corrected chi connectivity index (χ1v) is 3.85. The van der Waals surface area contributed by atoms with Crippen LogP contribution in [0.3, 0.4) is 0 Å². The Morgan fingerprint density at radius 3 is 2.30 bits per heavy atom. The van der Waals surface area contributed by atoms with E-state index in [1.165, 1.54) is 0 Å². The fourth-order valence-corrected chi connectivity index (χ4v) is 0.830. The maximum atomic E-state index is 11.4. The van der Waals surface area contributed by atoms with E-state index in [0.717, 1.165) is 0 Å². The molecule has 0 spiro atoms. The molecule has 0 aliphatic carbocycles. The van der Waals surface area contributed by atoms with Crippen molar-refractivity contribution in [2.75, 3.05) is 6.54 Å². The zero-order chi connectivity index (χ0) is 8.20. The molecule has 2 nitrogen and oxygen atoms in total. The highest BCUT2D eigenvalue weighted by molar-refractivity contribution is 7.83. The summed E-state index contributed by atoms with van der Waals surface area (Å²) in [5, 5.41) is 0. The lowest BCUT2D eigenvalue weighted by atomic mass is 10.5. The monoisotopic (exact) mass is 175 g/mol. The molecule has 0 saturated carbocycles. The summed E-state index contributed by atoms with van der Waals surface area (Å²) in [5.74, 6) is 0. The third-order valence-corrected chi connectivity index (χ3v) is 1.58. The van der Waals surface area contributed by atoms with Crippen LogP contribution in [0.15, 0.2) is 0 Å². The Balaban J connectivity index is 3.64. The van der Waals surface area contributed by atoms with Gasteiger partial charge in [-0.3, -0.25) is 0 Å². The number of alkyl halides is 3. The van der Waals surface area contributed by atoms with E-state index in [4.69, 9.17) is 0 Å². The van der Waals surface area contributed by atoms with Gasteiger partial charge in [-0.2, -0.15) is 13.2 Å². The van der Waals surface area contributed by atoms with Gasteiger partial charge in [-0.05, 0) is 6.42 Å². The van der Waals surface area contributed by atoms with Crippen LogP contribution < -0.4 is 4.72 Å². The van der Waals surface area contributed by atoms with Gasteiger partial charge in [-0.1, -0.05) is 6.92 Å². The molecule has 0 aliphatic rings. The Hall–Kier alpha value is -0.100. The van der Waals surface area contributed by atoms with E-state index in [-0.39, 0.29) is 6.54 Å². The summed E-state index contributed by atoms with van der Waals surface area (Å²) in [6.45, 7) is 1.81. The average Bonchev–Trinajstić information content (AvgIpc) is 1.80. The van der Waals surface area contributed by atoms with Gasteiger partial charge in [0.15, 0.2) is 11.0 Å². The van der Waals surface area contributed by atoms with E-state index in [0.29, 0.717) is 6.42 Å². The van der Waals surface area contributed by atoms with Gasteiger partial charge in [0.1, 0.15) is 0 Å². The number of rotatable bonds is 3. The molecule has 10 heavy (non-hydrogen) atoms.